The van der Waals surface area contributed by atoms with Gasteiger partial charge in [-0.3, -0.25) is 14.9 Å². The van der Waals surface area contributed by atoms with E-state index in [0.717, 1.165) is 34.0 Å². The maximum atomic E-state index is 12.2. The van der Waals surface area contributed by atoms with Crippen molar-refractivity contribution in [2.45, 2.75) is 44.6 Å². The fraction of sp³-hybridized carbons (Fsp3) is 0.348. The van der Waals surface area contributed by atoms with Crippen LogP contribution in [-0.4, -0.2) is 40.0 Å². The normalized spacial score (nSPS) is 16.3. The molecule has 3 rings (SSSR count). The number of hydrogen-bond donors (Lipinski definition) is 1. The maximum Gasteiger partial charge on any atom is 0.410 e. The molecule has 0 spiro atoms. The van der Waals surface area contributed by atoms with Crippen molar-refractivity contribution in [1.82, 2.24) is 10.2 Å². The maximum absolute atomic E-state index is 12.2. The zero-order valence-electron chi connectivity index (χ0n) is 17.6. The lowest BCUT2D eigenvalue weighted by molar-refractivity contribution is -0.118. The Balaban J connectivity index is 1.66. The van der Waals surface area contributed by atoms with Crippen LogP contribution in [-0.2, 0) is 22.5 Å². The molecule has 158 valence electrons. The highest BCUT2D eigenvalue weighted by atomic mass is 32.2. The van der Waals surface area contributed by atoms with Crippen molar-refractivity contribution in [3.63, 3.8) is 0 Å². The monoisotopic (exact) mass is 426 g/mol. The SMILES string of the molecule is CN(Cc1cccc(-c2ccc(CC3SC(=O)NC3=O)cc2)c1)C(=O)OC(C)(C)C. The summed E-state index contributed by atoms with van der Waals surface area (Å²) in [6.07, 6.45) is 0.160. The number of thioether (sulfide) groups is 1. The molecular formula is C23H26N2O4S. The van der Waals surface area contributed by atoms with Gasteiger partial charge in [0.25, 0.3) is 5.24 Å². The summed E-state index contributed by atoms with van der Waals surface area (Å²) in [6, 6.07) is 16.0. The molecule has 6 nitrogen and oxygen atoms in total. The number of ether oxygens (including phenoxy) is 1. The van der Waals surface area contributed by atoms with Crippen LogP contribution in [0.4, 0.5) is 9.59 Å². The van der Waals surface area contributed by atoms with Gasteiger partial charge in [0.15, 0.2) is 0 Å². The minimum atomic E-state index is -0.528. The zero-order chi connectivity index (χ0) is 21.9. The smallest absolute Gasteiger partial charge is 0.410 e. The highest BCUT2D eigenvalue weighted by Gasteiger charge is 2.31. The van der Waals surface area contributed by atoms with Crippen molar-refractivity contribution in [2.75, 3.05) is 7.05 Å². The molecule has 2 aromatic rings. The molecule has 30 heavy (non-hydrogen) atoms. The number of amides is 3. The third kappa shape index (κ3) is 5.86. The molecule has 1 atom stereocenters. The van der Waals surface area contributed by atoms with Crippen LogP contribution in [0.3, 0.4) is 0 Å². The lowest BCUT2D eigenvalue weighted by Crippen LogP contribution is -2.33. The third-order valence-electron chi connectivity index (χ3n) is 4.53. The van der Waals surface area contributed by atoms with Crippen LogP contribution in [0.1, 0.15) is 31.9 Å². The Kier molecular flexibility index (Phi) is 6.51. The predicted octanol–water partition coefficient (Wildman–Crippen LogP) is 4.61. The van der Waals surface area contributed by atoms with Crippen molar-refractivity contribution in [2.24, 2.45) is 0 Å². The fourth-order valence-electron chi connectivity index (χ4n) is 3.10. The van der Waals surface area contributed by atoms with Gasteiger partial charge in [-0.2, -0.15) is 0 Å². The lowest BCUT2D eigenvalue weighted by Gasteiger charge is -2.24. The molecule has 2 aromatic carbocycles. The second-order valence-electron chi connectivity index (χ2n) is 8.32. The van der Waals surface area contributed by atoms with Crippen molar-refractivity contribution in [3.05, 3.63) is 59.7 Å². The van der Waals surface area contributed by atoms with Crippen LogP contribution < -0.4 is 5.32 Å². The van der Waals surface area contributed by atoms with Gasteiger partial charge in [-0.25, -0.2) is 4.79 Å². The largest absolute Gasteiger partial charge is 0.444 e. The average Bonchev–Trinajstić information content (AvgIpc) is 2.98. The first-order valence-electron chi connectivity index (χ1n) is 9.74. The van der Waals surface area contributed by atoms with Gasteiger partial charge in [0, 0.05) is 13.6 Å². The molecule has 0 bridgehead atoms. The molecule has 7 heteroatoms. The van der Waals surface area contributed by atoms with Crippen molar-refractivity contribution < 1.29 is 19.1 Å². The molecule has 1 fully saturated rings. The number of carbonyl (C=O) groups excluding carboxylic acids is 3. The van der Waals surface area contributed by atoms with Crippen LogP contribution in [0.5, 0.6) is 0 Å². The van der Waals surface area contributed by atoms with E-state index in [0.29, 0.717) is 13.0 Å². The number of nitrogens with zero attached hydrogens (tertiary/aromatic N) is 1. The van der Waals surface area contributed by atoms with Gasteiger partial charge in [0.1, 0.15) is 5.60 Å². The summed E-state index contributed by atoms with van der Waals surface area (Å²) in [5, 5.41) is 1.67. The lowest BCUT2D eigenvalue weighted by atomic mass is 10.00. The molecule has 0 aliphatic carbocycles. The van der Waals surface area contributed by atoms with Gasteiger partial charge in [-0.1, -0.05) is 54.2 Å². The highest BCUT2D eigenvalue weighted by molar-refractivity contribution is 8.15. The molecule has 0 radical (unpaired) electrons. The van der Waals surface area contributed by atoms with Crippen LogP contribution in [0.2, 0.25) is 0 Å². The van der Waals surface area contributed by atoms with E-state index in [-0.39, 0.29) is 22.5 Å². The van der Waals surface area contributed by atoms with Crippen LogP contribution in [0.25, 0.3) is 11.1 Å². The summed E-state index contributed by atoms with van der Waals surface area (Å²) in [4.78, 5) is 36.8. The molecule has 1 heterocycles. The summed E-state index contributed by atoms with van der Waals surface area (Å²) in [7, 11) is 1.72. The van der Waals surface area contributed by atoms with E-state index in [9.17, 15) is 14.4 Å². The predicted molar refractivity (Wildman–Crippen MR) is 118 cm³/mol. The van der Waals surface area contributed by atoms with E-state index in [2.05, 4.69) is 11.4 Å². The minimum Gasteiger partial charge on any atom is -0.444 e. The first kappa shape index (κ1) is 21.9. The molecule has 3 amide bonds. The van der Waals surface area contributed by atoms with Gasteiger partial charge in [0.2, 0.25) is 5.91 Å². The average molecular weight is 427 g/mol. The first-order valence-corrected chi connectivity index (χ1v) is 10.6. The number of carbonyl (C=O) groups is 3. The molecule has 1 aliphatic heterocycles. The van der Waals surface area contributed by atoms with Crippen molar-refractivity contribution >= 4 is 29.0 Å². The summed E-state index contributed by atoms with van der Waals surface area (Å²) in [6.45, 7) is 5.99. The number of nitrogens with one attached hydrogen (secondary N) is 1. The van der Waals surface area contributed by atoms with E-state index >= 15 is 0 Å². The number of imide groups is 1. The number of benzene rings is 2. The summed E-state index contributed by atoms with van der Waals surface area (Å²) < 4.78 is 5.40. The Hall–Kier alpha value is -2.80. The van der Waals surface area contributed by atoms with E-state index in [1.165, 1.54) is 0 Å². The van der Waals surface area contributed by atoms with Crippen molar-refractivity contribution in [3.8, 4) is 11.1 Å². The van der Waals surface area contributed by atoms with Crippen molar-refractivity contribution in [1.29, 1.82) is 0 Å². The van der Waals surface area contributed by atoms with Gasteiger partial charge < -0.3 is 9.64 Å². The van der Waals surface area contributed by atoms with Gasteiger partial charge in [-0.05, 0) is 55.5 Å². The minimum absolute atomic E-state index is 0.226. The Bertz CT molecular complexity index is 950. The van der Waals surface area contributed by atoms with E-state index in [4.69, 9.17) is 4.74 Å². The third-order valence-corrected chi connectivity index (χ3v) is 5.51. The zero-order valence-corrected chi connectivity index (χ0v) is 18.4. The standard InChI is InChI=1S/C23H26N2O4S/c1-23(2,3)29-22(28)25(4)14-16-6-5-7-18(12-16)17-10-8-15(9-11-17)13-19-20(26)24-21(27)30-19/h5-12,19H,13-14H2,1-4H3,(H,24,26,27). The molecule has 0 aromatic heterocycles. The highest BCUT2D eigenvalue weighted by Crippen LogP contribution is 2.26. The Morgan fingerprint density at radius 2 is 1.77 bits per heavy atom. The van der Waals surface area contributed by atoms with E-state index in [1.54, 1.807) is 11.9 Å². The molecule has 1 saturated heterocycles. The topological polar surface area (TPSA) is 75.7 Å². The molecule has 1 N–H and O–H groups in total. The van der Waals surface area contributed by atoms with Crippen LogP contribution in [0, 0.1) is 0 Å². The summed E-state index contributed by atoms with van der Waals surface area (Å²) >= 11 is 1.04. The Morgan fingerprint density at radius 1 is 1.07 bits per heavy atom. The van der Waals surface area contributed by atoms with Crippen LogP contribution in [0.15, 0.2) is 48.5 Å². The second-order valence-corrected chi connectivity index (χ2v) is 9.50. The summed E-state index contributed by atoms with van der Waals surface area (Å²) in [5.41, 5.74) is 3.56. The summed E-state index contributed by atoms with van der Waals surface area (Å²) in [5.74, 6) is -0.226. The Morgan fingerprint density at radius 3 is 2.37 bits per heavy atom. The number of rotatable bonds is 5. The molecule has 1 unspecified atom stereocenters. The molecular weight excluding hydrogens is 400 g/mol. The quantitative estimate of drug-likeness (QED) is 0.755. The molecule has 0 saturated carbocycles. The van der Waals surface area contributed by atoms with E-state index < -0.39 is 5.60 Å². The van der Waals surface area contributed by atoms with E-state index in [1.807, 2.05) is 63.2 Å². The Labute approximate surface area is 181 Å². The fourth-order valence-corrected chi connectivity index (χ4v) is 3.96. The van der Waals surface area contributed by atoms with Gasteiger partial charge >= 0.3 is 6.09 Å². The van der Waals surface area contributed by atoms with Crippen LogP contribution >= 0.6 is 11.8 Å². The van der Waals surface area contributed by atoms with Gasteiger partial charge in [-0.15, -0.1) is 0 Å². The number of hydrogen-bond acceptors (Lipinski definition) is 5. The first-order chi connectivity index (χ1) is 14.1. The van der Waals surface area contributed by atoms with Gasteiger partial charge in [0.05, 0.1) is 5.25 Å². The second kappa shape index (κ2) is 8.92. The molecule has 1 aliphatic rings.